The number of aromatic nitrogens is 1. The minimum Gasteiger partial charge on any atom is -0.478 e. The molecule has 3 aromatic rings. The molecule has 0 aliphatic carbocycles. The molecule has 0 fully saturated rings. The Hall–Kier alpha value is -3.70. The van der Waals surface area contributed by atoms with E-state index in [1.165, 1.54) is 24.3 Å². The van der Waals surface area contributed by atoms with Gasteiger partial charge in [-0.15, -0.1) is 0 Å². The summed E-state index contributed by atoms with van der Waals surface area (Å²) in [6.45, 7) is 0.238. The van der Waals surface area contributed by atoms with Gasteiger partial charge in [-0.05, 0) is 35.9 Å². The number of nitriles is 1. The summed E-state index contributed by atoms with van der Waals surface area (Å²) in [5.41, 5.74) is 1.78. The number of ether oxygens (including phenoxy) is 1. The lowest BCUT2D eigenvalue weighted by atomic mass is 10.1. The maximum absolute atomic E-state index is 12.8. The molecular weight excluding hydrogens is 402 g/mol. The van der Waals surface area contributed by atoms with Crippen LogP contribution in [0.2, 0.25) is 0 Å². The quantitative estimate of drug-likeness (QED) is 0.680. The topological polar surface area (TPSA) is 109 Å². The van der Waals surface area contributed by atoms with Crippen LogP contribution in [0.4, 0.5) is 0 Å². The first kappa shape index (κ1) is 19.6. The van der Waals surface area contributed by atoms with Gasteiger partial charge in [0.15, 0.2) is 6.10 Å². The Balaban J connectivity index is 1.42. The third-order valence-electron chi connectivity index (χ3n) is 4.83. The lowest BCUT2D eigenvalue weighted by Gasteiger charge is -2.12. The van der Waals surface area contributed by atoms with Gasteiger partial charge in [-0.2, -0.15) is 5.26 Å². The van der Waals surface area contributed by atoms with Gasteiger partial charge in [0.2, 0.25) is 9.84 Å². The average Bonchev–Trinajstić information content (AvgIpc) is 3.22. The number of carbonyl (C=O) groups is 1. The Labute approximate surface area is 173 Å². The molecule has 1 aliphatic rings. The van der Waals surface area contributed by atoms with Crippen LogP contribution in [0.25, 0.3) is 0 Å². The highest BCUT2D eigenvalue weighted by molar-refractivity contribution is 7.91. The Morgan fingerprint density at radius 2 is 1.93 bits per heavy atom. The van der Waals surface area contributed by atoms with Crippen molar-refractivity contribution in [3.05, 3.63) is 83.7 Å². The summed E-state index contributed by atoms with van der Waals surface area (Å²) >= 11 is 0. The van der Waals surface area contributed by atoms with E-state index >= 15 is 0 Å². The summed E-state index contributed by atoms with van der Waals surface area (Å²) in [5, 5.41) is 12.0. The molecule has 0 bridgehead atoms. The van der Waals surface area contributed by atoms with Crippen molar-refractivity contribution < 1.29 is 17.9 Å². The van der Waals surface area contributed by atoms with E-state index in [1.54, 1.807) is 36.7 Å². The molecule has 1 unspecified atom stereocenters. The van der Waals surface area contributed by atoms with E-state index in [-0.39, 0.29) is 27.8 Å². The number of amides is 1. The van der Waals surface area contributed by atoms with Gasteiger partial charge < -0.3 is 10.1 Å². The summed E-state index contributed by atoms with van der Waals surface area (Å²) in [5.74, 6) is 0.371. The zero-order valence-corrected chi connectivity index (χ0v) is 16.6. The average molecular weight is 419 g/mol. The van der Waals surface area contributed by atoms with E-state index in [1.807, 2.05) is 12.1 Å². The molecule has 0 saturated heterocycles. The standard InChI is InChI=1S/C22H17N3O4S/c23-12-17-3-1-2-4-21(17)30(27,28)18-7-5-15(6-8-18)13-25-22(26)19-11-16-9-10-24-14-20(16)29-19/h1-10,14,19H,11,13H2,(H,25,26). The first-order valence-electron chi connectivity index (χ1n) is 9.19. The molecular formula is C22H17N3O4S. The van der Waals surface area contributed by atoms with Crippen molar-refractivity contribution in [3.63, 3.8) is 0 Å². The lowest BCUT2D eigenvalue weighted by Crippen LogP contribution is -2.37. The normalized spacial score (nSPS) is 15.0. The molecule has 150 valence electrons. The molecule has 30 heavy (non-hydrogen) atoms. The fraction of sp³-hybridized carbons (Fsp3) is 0.136. The Kier molecular flexibility index (Phi) is 5.21. The van der Waals surface area contributed by atoms with Crippen molar-refractivity contribution in [2.24, 2.45) is 0 Å². The van der Waals surface area contributed by atoms with Crippen molar-refractivity contribution >= 4 is 15.7 Å². The molecule has 1 aliphatic heterocycles. The second kappa shape index (κ2) is 7.97. The van der Waals surface area contributed by atoms with Crippen molar-refractivity contribution in [2.75, 3.05) is 0 Å². The van der Waals surface area contributed by atoms with Gasteiger partial charge in [0, 0.05) is 24.7 Å². The Morgan fingerprint density at radius 3 is 2.67 bits per heavy atom. The van der Waals surface area contributed by atoms with E-state index in [2.05, 4.69) is 10.3 Å². The highest BCUT2D eigenvalue weighted by Crippen LogP contribution is 2.27. The molecule has 1 atom stereocenters. The molecule has 2 aromatic carbocycles. The summed E-state index contributed by atoms with van der Waals surface area (Å²) in [4.78, 5) is 16.4. The highest BCUT2D eigenvalue weighted by atomic mass is 32.2. The number of nitrogens with one attached hydrogen (secondary N) is 1. The number of carbonyl (C=O) groups excluding carboxylic acids is 1. The van der Waals surface area contributed by atoms with Crippen LogP contribution in [0.3, 0.4) is 0 Å². The van der Waals surface area contributed by atoms with Crippen LogP contribution in [0.1, 0.15) is 16.7 Å². The Bertz CT molecular complexity index is 1220. The van der Waals surface area contributed by atoms with Crippen molar-refractivity contribution in [2.45, 2.75) is 28.9 Å². The maximum Gasteiger partial charge on any atom is 0.261 e. The van der Waals surface area contributed by atoms with E-state index in [0.29, 0.717) is 12.2 Å². The van der Waals surface area contributed by atoms with Crippen LogP contribution in [0, 0.1) is 11.3 Å². The molecule has 1 N–H and O–H groups in total. The van der Waals surface area contributed by atoms with Crippen LogP contribution in [-0.2, 0) is 27.6 Å². The molecule has 0 radical (unpaired) electrons. The summed E-state index contributed by atoms with van der Waals surface area (Å²) in [6, 6.07) is 16.0. The molecule has 0 saturated carbocycles. The smallest absolute Gasteiger partial charge is 0.261 e. The Morgan fingerprint density at radius 1 is 1.17 bits per heavy atom. The number of nitrogens with zero attached hydrogens (tertiary/aromatic N) is 2. The third-order valence-corrected chi connectivity index (χ3v) is 6.66. The predicted octanol–water partition coefficient (Wildman–Crippen LogP) is 2.41. The predicted molar refractivity (Wildman–Crippen MR) is 107 cm³/mol. The van der Waals surface area contributed by atoms with Crippen molar-refractivity contribution in [1.29, 1.82) is 5.26 Å². The fourth-order valence-corrected chi connectivity index (χ4v) is 4.64. The van der Waals surface area contributed by atoms with Crippen LogP contribution in [-0.4, -0.2) is 25.4 Å². The van der Waals surface area contributed by atoms with Crippen LogP contribution < -0.4 is 10.1 Å². The number of sulfone groups is 1. The zero-order chi connectivity index (χ0) is 21.1. The van der Waals surface area contributed by atoms with Gasteiger partial charge in [0.1, 0.15) is 11.8 Å². The first-order valence-corrected chi connectivity index (χ1v) is 10.7. The second-order valence-corrected chi connectivity index (χ2v) is 8.69. The lowest BCUT2D eigenvalue weighted by molar-refractivity contribution is -0.127. The van der Waals surface area contributed by atoms with E-state index < -0.39 is 15.9 Å². The molecule has 4 rings (SSSR count). The van der Waals surface area contributed by atoms with Crippen LogP contribution in [0.5, 0.6) is 5.75 Å². The van der Waals surface area contributed by atoms with Crippen LogP contribution >= 0.6 is 0 Å². The van der Waals surface area contributed by atoms with Gasteiger partial charge in [0.25, 0.3) is 5.91 Å². The number of benzene rings is 2. The fourth-order valence-electron chi connectivity index (χ4n) is 3.23. The maximum atomic E-state index is 12.8. The number of hydrogen-bond acceptors (Lipinski definition) is 6. The minimum absolute atomic E-state index is 0.0269. The summed E-state index contributed by atoms with van der Waals surface area (Å²) in [6.07, 6.45) is 3.13. The zero-order valence-electron chi connectivity index (χ0n) is 15.8. The van der Waals surface area contributed by atoms with Crippen molar-refractivity contribution in [1.82, 2.24) is 10.3 Å². The monoisotopic (exact) mass is 419 g/mol. The van der Waals surface area contributed by atoms with Gasteiger partial charge in [-0.1, -0.05) is 24.3 Å². The third kappa shape index (κ3) is 3.75. The van der Waals surface area contributed by atoms with E-state index in [4.69, 9.17) is 4.74 Å². The largest absolute Gasteiger partial charge is 0.478 e. The molecule has 1 aromatic heterocycles. The SMILES string of the molecule is N#Cc1ccccc1S(=O)(=O)c1ccc(CNC(=O)C2Cc3ccncc3O2)cc1. The molecule has 1 amide bonds. The number of hydrogen-bond donors (Lipinski definition) is 1. The minimum atomic E-state index is -3.81. The summed E-state index contributed by atoms with van der Waals surface area (Å²) < 4.78 is 31.3. The summed E-state index contributed by atoms with van der Waals surface area (Å²) in [7, 11) is -3.81. The van der Waals surface area contributed by atoms with E-state index in [9.17, 15) is 18.5 Å². The van der Waals surface area contributed by atoms with Gasteiger partial charge in [-0.3, -0.25) is 9.78 Å². The number of pyridine rings is 1. The van der Waals surface area contributed by atoms with Crippen LogP contribution in [0.15, 0.2) is 76.8 Å². The molecule has 7 nitrogen and oxygen atoms in total. The van der Waals surface area contributed by atoms with Gasteiger partial charge >= 0.3 is 0 Å². The molecule has 8 heteroatoms. The van der Waals surface area contributed by atoms with E-state index in [0.717, 1.165) is 11.1 Å². The number of rotatable bonds is 5. The number of fused-ring (bicyclic) bond motifs is 1. The van der Waals surface area contributed by atoms with Crippen molar-refractivity contribution in [3.8, 4) is 11.8 Å². The second-order valence-electron chi connectivity index (χ2n) is 6.77. The van der Waals surface area contributed by atoms with Gasteiger partial charge in [0.05, 0.1) is 21.6 Å². The first-order chi connectivity index (χ1) is 14.5. The van der Waals surface area contributed by atoms with Gasteiger partial charge in [-0.25, -0.2) is 8.42 Å². The molecule has 2 heterocycles. The highest BCUT2D eigenvalue weighted by Gasteiger charge is 2.29. The molecule has 0 spiro atoms.